The maximum atomic E-state index is 11.8. The normalized spacial score (nSPS) is 47.7. The summed E-state index contributed by atoms with van der Waals surface area (Å²) < 4.78 is 0. The van der Waals surface area contributed by atoms with Gasteiger partial charge in [0.05, 0.1) is 5.60 Å². The fraction of sp³-hybridized carbons (Fsp3) is 0.750. The van der Waals surface area contributed by atoms with E-state index in [4.69, 9.17) is 0 Å². The highest BCUT2D eigenvalue weighted by Crippen LogP contribution is 2.64. The molecule has 0 aromatic rings. The predicted octanol–water partition coefficient (Wildman–Crippen LogP) is 4.19. The molecule has 0 radical (unpaired) electrons. The van der Waals surface area contributed by atoms with Crippen molar-refractivity contribution in [3.63, 3.8) is 0 Å². The Labute approximate surface area is 133 Å². The van der Waals surface area contributed by atoms with Gasteiger partial charge >= 0.3 is 0 Å². The molecule has 2 saturated carbocycles. The third kappa shape index (κ3) is 1.79. The van der Waals surface area contributed by atoms with Crippen LogP contribution >= 0.6 is 0 Å². The maximum Gasteiger partial charge on any atom is 0.156 e. The first-order valence-corrected chi connectivity index (χ1v) is 9.01. The Balaban J connectivity index is 1.79. The summed E-state index contributed by atoms with van der Waals surface area (Å²) >= 11 is 0. The molecule has 0 spiro atoms. The fourth-order valence-corrected chi connectivity index (χ4v) is 6.15. The first-order chi connectivity index (χ1) is 10.3. The Morgan fingerprint density at radius 1 is 1.18 bits per heavy atom. The van der Waals surface area contributed by atoms with E-state index in [1.54, 1.807) is 5.57 Å². The third-order valence-electron chi connectivity index (χ3n) is 7.63. The minimum atomic E-state index is -0.508. The third-order valence-corrected chi connectivity index (χ3v) is 7.63. The van der Waals surface area contributed by atoms with Gasteiger partial charge in [-0.05, 0) is 85.8 Å². The SMILES string of the molecule is C[C@@H]1CC2=CC(=O)CCC2=C2CCC3(C)C(CC[C@]3(C)O)C21. The number of hydrogen-bond acceptors (Lipinski definition) is 2. The lowest BCUT2D eigenvalue weighted by Crippen LogP contribution is -2.49. The molecular weight excluding hydrogens is 272 g/mol. The van der Waals surface area contributed by atoms with Crippen LogP contribution in [0.2, 0.25) is 0 Å². The molecule has 2 fully saturated rings. The van der Waals surface area contributed by atoms with E-state index in [1.165, 1.54) is 11.1 Å². The minimum absolute atomic E-state index is 0.0711. The van der Waals surface area contributed by atoms with Crippen LogP contribution in [0.1, 0.15) is 65.7 Å². The minimum Gasteiger partial charge on any atom is -0.390 e. The lowest BCUT2D eigenvalue weighted by molar-refractivity contribution is -0.114. The van der Waals surface area contributed by atoms with Crippen LogP contribution in [0, 0.1) is 23.2 Å². The molecule has 4 aliphatic carbocycles. The second-order valence-corrected chi connectivity index (χ2v) is 8.68. The van der Waals surface area contributed by atoms with Crippen molar-refractivity contribution in [3.05, 3.63) is 22.8 Å². The second kappa shape index (κ2) is 4.56. The molecule has 4 aliphatic rings. The first kappa shape index (κ1) is 14.7. The highest BCUT2D eigenvalue weighted by Gasteiger charge is 2.59. The van der Waals surface area contributed by atoms with E-state index in [0.29, 0.717) is 30.0 Å². The molecule has 3 unspecified atom stereocenters. The summed E-state index contributed by atoms with van der Waals surface area (Å²) in [7, 11) is 0. The van der Waals surface area contributed by atoms with Crippen molar-refractivity contribution in [2.75, 3.05) is 0 Å². The molecule has 5 atom stereocenters. The monoisotopic (exact) mass is 300 g/mol. The standard InChI is InChI=1S/C20H28O2/c1-12-10-13-11-14(21)4-5-15(13)16-6-8-19(2)17(18(12)16)7-9-20(19,3)22/h11-12,17-18,22H,4-10H2,1-3H3/t12-,17?,18?,19?,20+/m1/s1. The molecule has 22 heavy (non-hydrogen) atoms. The van der Waals surface area contributed by atoms with Gasteiger partial charge in [0, 0.05) is 6.42 Å². The van der Waals surface area contributed by atoms with Gasteiger partial charge in [-0.15, -0.1) is 0 Å². The topological polar surface area (TPSA) is 37.3 Å². The quantitative estimate of drug-likeness (QED) is 0.728. The average molecular weight is 300 g/mol. The van der Waals surface area contributed by atoms with E-state index in [1.807, 2.05) is 6.08 Å². The van der Waals surface area contributed by atoms with Crippen LogP contribution in [0.5, 0.6) is 0 Å². The molecule has 0 aromatic carbocycles. The molecule has 4 rings (SSSR count). The summed E-state index contributed by atoms with van der Waals surface area (Å²) in [5.41, 5.74) is 4.07. The summed E-state index contributed by atoms with van der Waals surface area (Å²) in [6.07, 6.45) is 8.98. The molecular formula is C20H28O2. The number of carbonyl (C=O) groups excluding carboxylic acids is 1. The Kier molecular flexibility index (Phi) is 3.05. The molecule has 1 N–H and O–H groups in total. The van der Waals surface area contributed by atoms with Crippen molar-refractivity contribution in [2.45, 2.75) is 71.3 Å². The lowest BCUT2D eigenvalue weighted by Gasteiger charge is -2.53. The van der Waals surface area contributed by atoms with Gasteiger partial charge < -0.3 is 5.11 Å². The van der Waals surface area contributed by atoms with Gasteiger partial charge in [0.2, 0.25) is 0 Å². The van der Waals surface area contributed by atoms with Crippen LogP contribution in [0.4, 0.5) is 0 Å². The number of fused-ring (bicyclic) bond motifs is 4. The fourth-order valence-electron chi connectivity index (χ4n) is 6.15. The summed E-state index contributed by atoms with van der Waals surface area (Å²) in [5, 5.41) is 10.9. The summed E-state index contributed by atoms with van der Waals surface area (Å²) in [6, 6.07) is 0. The smallest absolute Gasteiger partial charge is 0.156 e. The zero-order valence-corrected chi connectivity index (χ0v) is 14.1. The molecule has 2 heteroatoms. The highest BCUT2D eigenvalue weighted by atomic mass is 16.3. The van der Waals surface area contributed by atoms with Crippen molar-refractivity contribution < 1.29 is 9.90 Å². The zero-order chi connectivity index (χ0) is 15.7. The van der Waals surface area contributed by atoms with Gasteiger partial charge in [-0.3, -0.25) is 4.79 Å². The molecule has 120 valence electrons. The Morgan fingerprint density at radius 2 is 1.95 bits per heavy atom. The molecule has 0 aromatic heterocycles. The second-order valence-electron chi connectivity index (χ2n) is 8.68. The first-order valence-electron chi connectivity index (χ1n) is 9.01. The van der Waals surface area contributed by atoms with Crippen molar-refractivity contribution in [3.8, 4) is 0 Å². The van der Waals surface area contributed by atoms with Crippen molar-refractivity contribution in [1.82, 2.24) is 0 Å². The van der Waals surface area contributed by atoms with Crippen LogP contribution in [-0.2, 0) is 4.79 Å². The van der Waals surface area contributed by atoms with Gasteiger partial charge in [-0.25, -0.2) is 0 Å². The highest BCUT2D eigenvalue weighted by molar-refractivity contribution is 5.93. The van der Waals surface area contributed by atoms with E-state index in [0.717, 1.165) is 38.5 Å². The molecule has 0 amide bonds. The van der Waals surface area contributed by atoms with Crippen LogP contribution in [0.25, 0.3) is 0 Å². The number of rotatable bonds is 0. The Hall–Kier alpha value is -0.890. The van der Waals surface area contributed by atoms with Gasteiger partial charge in [0.1, 0.15) is 0 Å². The van der Waals surface area contributed by atoms with Crippen LogP contribution in [-0.4, -0.2) is 16.5 Å². The molecule has 0 bridgehead atoms. The number of aliphatic hydroxyl groups is 1. The van der Waals surface area contributed by atoms with Crippen LogP contribution in [0.3, 0.4) is 0 Å². The van der Waals surface area contributed by atoms with Crippen molar-refractivity contribution in [1.29, 1.82) is 0 Å². The summed E-state index contributed by atoms with van der Waals surface area (Å²) in [6.45, 7) is 6.75. The molecule has 0 saturated heterocycles. The van der Waals surface area contributed by atoms with Gasteiger partial charge in [-0.2, -0.15) is 0 Å². The number of hydrogen-bond donors (Lipinski definition) is 1. The zero-order valence-electron chi connectivity index (χ0n) is 14.1. The Morgan fingerprint density at radius 3 is 2.73 bits per heavy atom. The molecule has 0 heterocycles. The van der Waals surface area contributed by atoms with E-state index in [9.17, 15) is 9.90 Å². The van der Waals surface area contributed by atoms with Gasteiger partial charge in [0.25, 0.3) is 0 Å². The van der Waals surface area contributed by atoms with E-state index < -0.39 is 5.60 Å². The van der Waals surface area contributed by atoms with E-state index in [2.05, 4.69) is 20.8 Å². The van der Waals surface area contributed by atoms with Gasteiger partial charge in [0.15, 0.2) is 5.78 Å². The predicted molar refractivity (Wildman–Crippen MR) is 87.3 cm³/mol. The van der Waals surface area contributed by atoms with Crippen molar-refractivity contribution in [2.24, 2.45) is 23.2 Å². The molecule has 2 nitrogen and oxygen atoms in total. The van der Waals surface area contributed by atoms with Crippen LogP contribution < -0.4 is 0 Å². The van der Waals surface area contributed by atoms with E-state index in [-0.39, 0.29) is 5.41 Å². The number of allylic oxidation sites excluding steroid dienone is 4. The average Bonchev–Trinajstić information content (AvgIpc) is 2.69. The van der Waals surface area contributed by atoms with Crippen molar-refractivity contribution >= 4 is 5.78 Å². The number of ketones is 1. The lowest BCUT2D eigenvalue weighted by atomic mass is 9.53. The largest absolute Gasteiger partial charge is 0.390 e. The van der Waals surface area contributed by atoms with Gasteiger partial charge in [-0.1, -0.05) is 19.4 Å². The summed E-state index contributed by atoms with van der Waals surface area (Å²) in [5.74, 6) is 2.17. The van der Waals surface area contributed by atoms with Crippen LogP contribution in [0.15, 0.2) is 22.8 Å². The number of carbonyl (C=O) groups is 1. The molecule has 0 aliphatic heterocycles. The Bertz CT molecular complexity index is 595. The van der Waals surface area contributed by atoms with E-state index >= 15 is 0 Å². The summed E-state index contributed by atoms with van der Waals surface area (Å²) in [4.78, 5) is 11.8. The maximum absolute atomic E-state index is 11.8.